The molecule has 1 aliphatic carbocycles. The first-order valence-corrected chi connectivity index (χ1v) is 8.22. The van der Waals surface area contributed by atoms with Gasteiger partial charge in [-0.2, -0.15) is 0 Å². The largest absolute Gasteiger partial charge is 0.326 e. The molecule has 0 saturated heterocycles. The second kappa shape index (κ2) is 5.61. The maximum absolute atomic E-state index is 12.0. The van der Waals surface area contributed by atoms with Crippen LogP contribution in [0.1, 0.15) is 25.7 Å². The number of anilines is 2. The lowest BCUT2D eigenvalue weighted by molar-refractivity contribution is -0.119. The molecule has 19 heavy (non-hydrogen) atoms. The molecule has 1 saturated carbocycles. The molecule has 1 aliphatic rings. The van der Waals surface area contributed by atoms with Crippen LogP contribution in [-0.4, -0.2) is 20.6 Å². The summed E-state index contributed by atoms with van der Waals surface area (Å²) in [5, 5.41) is 2.84. The van der Waals surface area contributed by atoms with Gasteiger partial charge in [0.2, 0.25) is 15.9 Å². The molecule has 5 nitrogen and oxygen atoms in total. The van der Waals surface area contributed by atoms with Gasteiger partial charge in [0.05, 0.1) is 11.9 Å². The normalized spacial score (nSPS) is 16.3. The minimum Gasteiger partial charge on any atom is -0.326 e. The van der Waals surface area contributed by atoms with E-state index in [2.05, 4.69) is 10.0 Å². The molecular weight excluding hydrogens is 264 g/mol. The first-order valence-electron chi connectivity index (χ1n) is 6.33. The molecule has 0 aliphatic heterocycles. The average Bonchev–Trinajstić information content (AvgIpc) is 2.80. The first kappa shape index (κ1) is 13.9. The number of hydrogen-bond acceptors (Lipinski definition) is 3. The molecule has 1 aromatic rings. The minimum atomic E-state index is -3.30. The Labute approximate surface area is 113 Å². The Kier molecular flexibility index (Phi) is 4.09. The van der Waals surface area contributed by atoms with E-state index in [4.69, 9.17) is 0 Å². The number of hydrogen-bond donors (Lipinski definition) is 2. The number of benzene rings is 1. The fourth-order valence-electron chi connectivity index (χ4n) is 2.31. The molecule has 1 aromatic carbocycles. The van der Waals surface area contributed by atoms with Gasteiger partial charge < -0.3 is 5.32 Å². The predicted molar refractivity (Wildman–Crippen MR) is 75.5 cm³/mol. The fraction of sp³-hybridized carbons (Fsp3) is 0.462. The lowest BCUT2D eigenvalue weighted by Crippen LogP contribution is -2.20. The van der Waals surface area contributed by atoms with Gasteiger partial charge in [-0.3, -0.25) is 9.52 Å². The Bertz CT molecular complexity index is 563. The van der Waals surface area contributed by atoms with E-state index in [0.29, 0.717) is 11.4 Å². The highest BCUT2D eigenvalue weighted by Crippen LogP contribution is 2.26. The van der Waals surface area contributed by atoms with Gasteiger partial charge >= 0.3 is 0 Å². The minimum absolute atomic E-state index is 0.0222. The van der Waals surface area contributed by atoms with Gasteiger partial charge in [0.1, 0.15) is 0 Å². The molecule has 1 fully saturated rings. The van der Waals surface area contributed by atoms with Crippen LogP contribution in [0.15, 0.2) is 24.3 Å². The van der Waals surface area contributed by atoms with Crippen molar-refractivity contribution in [3.8, 4) is 0 Å². The van der Waals surface area contributed by atoms with E-state index in [9.17, 15) is 13.2 Å². The van der Waals surface area contributed by atoms with Crippen molar-refractivity contribution < 1.29 is 13.2 Å². The molecule has 0 bridgehead atoms. The topological polar surface area (TPSA) is 75.3 Å². The van der Waals surface area contributed by atoms with Crippen molar-refractivity contribution in [3.63, 3.8) is 0 Å². The highest BCUT2D eigenvalue weighted by molar-refractivity contribution is 7.92. The summed E-state index contributed by atoms with van der Waals surface area (Å²) in [6.07, 6.45) is 5.18. The van der Waals surface area contributed by atoms with Crippen LogP contribution in [0.3, 0.4) is 0 Å². The molecule has 0 spiro atoms. The number of rotatable bonds is 4. The van der Waals surface area contributed by atoms with Crippen LogP contribution in [-0.2, 0) is 14.8 Å². The standard InChI is InChI=1S/C13H18N2O3S/c1-19(17,18)15-12-8-4-7-11(9-12)14-13(16)10-5-2-3-6-10/h4,7-10,15H,2-3,5-6H2,1H3,(H,14,16). The maximum atomic E-state index is 12.0. The van der Waals surface area contributed by atoms with Crippen molar-refractivity contribution in [3.05, 3.63) is 24.3 Å². The van der Waals surface area contributed by atoms with E-state index in [1.807, 2.05) is 0 Å². The molecular formula is C13H18N2O3S. The zero-order chi connectivity index (χ0) is 13.9. The van der Waals surface area contributed by atoms with Crippen LogP contribution in [0.5, 0.6) is 0 Å². The zero-order valence-electron chi connectivity index (χ0n) is 10.8. The zero-order valence-corrected chi connectivity index (χ0v) is 11.7. The number of carbonyl (C=O) groups is 1. The average molecular weight is 282 g/mol. The SMILES string of the molecule is CS(=O)(=O)Nc1cccc(NC(=O)C2CCCC2)c1. The Morgan fingerprint density at radius 3 is 2.47 bits per heavy atom. The molecule has 0 aromatic heterocycles. The molecule has 0 heterocycles. The van der Waals surface area contributed by atoms with Crippen LogP contribution >= 0.6 is 0 Å². The molecule has 0 radical (unpaired) electrons. The molecule has 0 atom stereocenters. The van der Waals surface area contributed by atoms with Crippen molar-refractivity contribution in [1.29, 1.82) is 0 Å². The Morgan fingerprint density at radius 1 is 1.21 bits per heavy atom. The van der Waals surface area contributed by atoms with Crippen LogP contribution in [0, 0.1) is 5.92 Å². The van der Waals surface area contributed by atoms with Crippen LogP contribution < -0.4 is 10.0 Å². The van der Waals surface area contributed by atoms with Crippen molar-refractivity contribution >= 4 is 27.3 Å². The van der Waals surface area contributed by atoms with Crippen molar-refractivity contribution in [2.45, 2.75) is 25.7 Å². The summed E-state index contributed by atoms with van der Waals surface area (Å²) >= 11 is 0. The van der Waals surface area contributed by atoms with Gasteiger partial charge in [-0.05, 0) is 31.0 Å². The van der Waals surface area contributed by atoms with Gasteiger partial charge in [0.25, 0.3) is 0 Å². The summed E-state index contributed by atoms with van der Waals surface area (Å²) in [4.78, 5) is 12.0. The quantitative estimate of drug-likeness (QED) is 0.888. The van der Waals surface area contributed by atoms with E-state index in [0.717, 1.165) is 31.9 Å². The Morgan fingerprint density at radius 2 is 1.84 bits per heavy atom. The van der Waals surface area contributed by atoms with E-state index in [1.165, 1.54) is 0 Å². The van der Waals surface area contributed by atoms with Crippen molar-refractivity contribution in [1.82, 2.24) is 0 Å². The third kappa shape index (κ3) is 4.24. The van der Waals surface area contributed by atoms with E-state index in [1.54, 1.807) is 24.3 Å². The van der Waals surface area contributed by atoms with Crippen LogP contribution in [0.2, 0.25) is 0 Å². The molecule has 1 amide bonds. The molecule has 104 valence electrons. The second-order valence-electron chi connectivity index (χ2n) is 4.93. The van der Waals surface area contributed by atoms with Crippen molar-refractivity contribution in [2.75, 3.05) is 16.3 Å². The highest BCUT2D eigenvalue weighted by Gasteiger charge is 2.22. The number of carbonyl (C=O) groups excluding carboxylic acids is 1. The van der Waals surface area contributed by atoms with Crippen molar-refractivity contribution in [2.24, 2.45) is 5.92 Å². The number of amides is 1. The maximum Gasteiger partial charge on any atom is 0.229 e. The monoisotopic (exact) mass is 282 g/mol. The summed E-state index contributed by atoms with van der Waals surface area (Å²) in [7, 11) is -3.30. The summed E-state index contributed by atoms with van der Waals surface area (Å²) in [6, 6.07) is 6.72. The second-order valence-corrected chi connectivity index (χ2v) is 6.67. The molecule has 2 N–H and O–H groups in total. The predicted octanol–water partition coefficient (Wildman–Crippen LogP) is 2.19. The summed E-state index contributed by atoms with van der Waals surface area (Å²) in [5.41, 5.74) is 1.07. The van der Waals surface area contributed by atoms with Gasteiger partial charge in [-0.15, -0.1) is 0 Å². The Balaban J connectivity index is 2.04. The third-order valence-electron chi connectivity index (χ3n) is 3.16. The summed E-state index contributed by atoms with van der Waals surface area (Å²) in [5.74, 6) is 0.112. The molecule has 6 heteroatoms. The first-order chi connectivity index (χ1) is 8.94. The Hall–Kier alpha value is -1.56. The van der Waals surface area contributed by atoms with Crippen LogP contribution in [0.4, 0.5) is 11.4 Å². The summed E-state index contributed by atoms with van der Waals surface area (Å²) in [6.45, 7) is 0. The summed E-state index contributed by atoms with van der Waals surface area (Å²) < 4.78 is 24.7. The number of nitrogens with one attached hydrogen (secondary N) is 2. The third-order valence-corrected chi connectivity index (χ3v) is 3.77. The number of sulfonamides is 1. The highest BCUT2D eigenvalue weighted by atomic mass is 32.2. The van der Waals surface area contributed by atoms with Gasteiger partial charge in [0, 0.05) is 11.6 Å². The van der Waals surface area contributed by atoms with Gasteiger partial charge in [0.15, 0.2) is 0 Å². The van der Waals surface area contributed by atoms with E-state index in [-0.39, 0.29) is 11.8 Å². The lowest BCUT2D eigenvalue weighted by Gasteiger charge is -2.11. The van der Waals surface area contributed by atoms with E-state index < -0.39 is 10.0 Å². The molecule has 2 rings (SSSR count). The fourth-order valence-corrected chi connectivity index (χ4v) is 2.86. The van der Waals surface area contributed by atoms with E-state index >= 15 is 0 Å². The van der Waals surface area contributed by atoms with Gasteiger partial charge in [-0.1, -0.05) is 18.9 Å². The smallest absolute Gasteiger partial charge is 0.229 e. The molecule has 0 unspecified atom stereocenters. The van der Waals surface area contributed by atoms with Crippen LogP contribution in [0.25, 0.3) is 0 Å². The van der Waals surface area contributed by atoms with Gasteiger partial charge in [-0.25, -0.2) is 8.42 Å². The lowest BCUT2D eigenvalue weighted by atomic mass is 10.1.